The minimum Gasteiger partial charge on any atom is -0.374 e. The summed E-state index contributed by atoms with van der Waals surface area (Å²) < 4.78 is 27.9. The van der Waals surface area contributed by atoms with E-state index in [2.05, 4.69) is 13.8 Å². The highest BCUT2D eigenvalue weighted by molar-refractivity contribution is 7.91. The molecule has 1 rings (SSSR count). The molecule has 4 heteroatoms. The van der Waals surface area contributed by atoms with Gasteiger partial charge in [0.15, 0.2) is 9.84 Å². The topological polar surface area (TPSA) is 43.4 Å². The number of rotatable bonds is 3. The lowest BCUT2D eigenvalue weighted by Crippen LogP contribution is -2.24. The minimum atomic E-state index is -2.79. The second kappa shape index (κ2) is 6.48. The summed E-state index contributed by atoms with van der Waals surface area (Å²) in [5, 5.41) is 0. The summed E-state index contributed by atoms with van der Waals surface area (Å²) in [4.78, 5) is 0. The van der Waals surface area contributed by atoms with Crippen molar-refractivity contribution in [1.29, 1.82) is 0 Å². The fourth-order valence-electron chi connectivity index (χ4n) is 1.33. The predicted molar refractivity (Wildman–Crippen MR) is 65.9 cm³/mol. The molecule has 1 aliphatic heterocycles. The second-order valence-electron chi connectivity index (χ2n) is 4.11. The molecule has 1 heterocycles. The Kier molecular flexibility index (Phi) is 7.48. The Labute approximate surface area is 95.1 Å². The van der Waals surface area contributed by atoms with E-state index in [1.165, 1.54) is 0 Å². The van der Waals surface area contributed by atoms with Crippen LogP contribution in [0.4, 0.5) is 0 Å². The van der Waals surface area contributed by atoms with E-state index in [0.717, 1.165) is 0 Å². The van der Waals surface area contributed by atoms with Crippen molar-refractivity contribution in [3.8, 4) is 0 Å². The monoisotopic (exact) mass is 238 g/mol. The molecule has 0 aromatic rings. The SMILES string of the molecule is C.C.CC(C)C(C)OC1CCS(=O)(=O)C1. The Bertz CT molecular complexity index is 257. The lowest BCUT2D eigenvalue weighted by atomic mass is 10.1. The van der Waals surface area contributed by atoms with Crippen molar-refractivity contribution in [3.05, 3.63) is 0 Å². The van der Waals surface area contributed by atoms with Crippen molar-refractivity contribution in [2.45, 2.75) is 54.3 Å². The van der Waals surface area contributed by atoms with Gasteiger partial charge >= 0.3 is 0 Å². The zero-order valence-electron chi connectivity index (χ0n) is 8.49. The van der Waals surface area contributed by atoms with E-state index in [-0.39, 0.29) is 32.8 Å². The van der Waals surface area contributed by atoms with E-state index >= 15 is 0 Å². The lowest BCUT2D eigenvalue weighted by molar-refractivity contribution is -0.0118. The van der Waals surface area contributed by atoms with E-state index in [1.807, 2.05) is 6.92 Å². The standard InChI is InChI=1S/C9H18O3S.2CH4/c1-7(2)8(3)12-9-4-5-13(10,11)6-9;;/h7-9H,4-6H2,1-3H3;2*1H4. The van der Waals surface area contributed by atoms with Crippen molar-refractivity contribution in [1.82, 2.24) is 0 Å². The van der Waals surface area contributed by atoms with Crippen molar-refractivity contribution in [3.63, 3.8) is 0 Å². The molecule has 0 saturated carbocycles. The molecule has 0 aromatic carbocycles. The molecule has 1 fully saturated rings. The molecule has 0 amide bonds. The van der Waals surface area contributed by atoms with E-state index in [1.54, 1.807) is 0 Å². The molecule has 1 saturated heterocycles. The third-order valence-electron chi connectivity index (χ3n) is 2.54. The van der Waals surface area contributed by atoms with Gasteiger partial charge in [0.1, 0.15) is 0 Å². The normalized spacial score (nSPS) is 25.5. The molecule has 0 bridgehead atoms. The molecule has 0 aromatic heterocycles. The molecule has 15 heavy (non-hydrogen) atoms. The van der Waals surface area contributed by atoms with E-state index < -0.39 is 9.84 Å². The third-order valence-corrected chi connectivity index (χ3v) is 4.27. The van der Waals surface area contributed by atoms with Crippen LogP contribution in [0.5, 0.6) is 0 Å². The Morgan fingerprint density at radius 1 is 1.20 bits per heavy atom. The minimum absolute atomic E-state index is 0. The Balaban J connectivity index is 0. The number of sulfone groups is 1. The highest BCUT2D eigenvalue weighted by atomic mass is 32.2. The maximum atomic E-state index is 11.1. The maximum absolute atomic E-state index is 11.1. The molecule has 0 radical (unpaired) electrons. The summed E-state index contributed by atoms with van der Waals surface area (Å²) >= 11 is 0. The van der Waals surface area contributed by atoms with Crippen LogP contribution in [0.2, 0.25) is 0 Å². The van der Waals surface area contributed by atoms with Gasteiger partial charge in [0.2, 0.25) is 0 Å². The largest absolute Gasteiger partial charge is 0.374 e. The predicted octanol–water partition coefficient (Wildman–Crippen LogP) is 2.51. The first-order valence-electron chi connectivity index (χ1n) is 4.76. The molecule has 0 aliphatic carbocycles. The summed E-state index contributed by atoms with van der Waals surface area (Å²) in [7, 11) is -2.79. The van der Waals surface area contributed by atoms with Crippen LogP contribution in [0.15, 0.2) is 0 Å². The summed E-state index contributed by atoms with van der Waals surface area (Å²) in [6.45, 7) is 6.15. The molecule has 0 N–H and O–H groups in total. The summed E-state index contributed by atoms with van der Waals surface area (Å²) in [5.41, 5.74) is 0. The Morgan fingerprint density at radius 3 is 2.07 bits per heavy atom. The highest BCUT2D eigenvalue weighted by Crippen LogP contribution is 2.18. The molecule has 2 atom stereocenters. The number of hydrogen-bond donors (Lipinski definition) is 0. The van der Waals surface area contributed by atoms with Gasteiger partial charge in [-0.2, -0.15) is 0 Å². The lowest BCUT2D eigenvalue weighted by Gasteiger charge is -2.20. The van der Waals surface area contributed by atoms with Crippen molar-refractivity contribution < 1.29 is 13.2 Å². The van der Waals surface area contributed by atoms with E-state index in [4.69, 9.17) is 4.74 Å². The quantitative estimate of drug-likeness (QED) is 0.759. The molecule has 0 spiro atoms. The van der Waals surface area contributed by atoms with Gasteiger partial charge in [0, 0.05) is 0 Å². The fourth-order valence-corrected chi connectivity index (χ4v) is 2.93. The van der Waals surface area contributed by atoms with Gasteiger partial charge in [0.05, 0.1) is 23.7 Å². The average molecular weight is 238 g/mol. The summed E-state index contributed by atoms with van der Waals surface area (Å²) in [6.07, 6.45) is 0.750. The van der Waals surface area contributed by atoms with Crippen molar-refractivity contribution >= 4 is 9.84 Å². The fraction of sp³-hybridized carbons (Fsp3) is 1.00. The average Bonchev–Trinajstić information content (AvgIpc) is 2.30. The van der Waals surface area contributed by atoms with Gasteiger partial charge in [-0.3, -0.25) is 0 Å². The Hall–Kier alpha value is -0.0900. The van der Waals surface area contributed by atoms with Gasteiger partial charge in [0.25, 0.3) is 0 Å². The van der Waals surface area contributed by atoms with Crippen LogP contribution >= 0.6 is 0 Å². The molecule has 2 unspecified atom stereocenters. The number of ether oxygens (including phenoxy) is 1. The first kappa shape index (κ1) is 17.3. The first-order valence-corrected chi connectivity index (χ1v) is 6.59. The molecule has 3 nitrogen and oxygen atoms in total. The van der Waals surface area contributed by atoms with Crippen LogP contribution in [0, 0.1) is 5.92 Å². The van der Waals surface area contributed by atoms with Gasteiger partial charge < -0.3 is 4.74 Å². The van der Waals surface area contributed by atoms with Crippen LogP contribution in [-0.2, 0) is 14.6 Å². The molecule has 94 valence electrons. The van der Waals surface area contributed by atoms with Gasteiger partial charge in [-0.15, -0.1) is 0 Å². The van der Waals surface area contributed by atoms with Gasteiger partial charge in [-0.25, -0.2) is 8.42 Å². The zero-order chi connectivity index (χ0) is 10.1. The highest BCUT2D eigenvalue weighted by Gasteiger charge is 2.29. The van der Waals surface area contributed by atoms with E-state index in [9.17, 15) is 8.42 Å². The smallest absolute Gasteiger partial charge is 0.152 e. The zero-order valence-corrected chi connectivity index (χ0v) is 9.30. The van der Waals surface area contributed by atoms with Crippen LogP contribution in [0.1, 0.15) is 42.0 Å². The second-order valence-corrected chi connectivity index (χ2v) is 6.34. The third kappa shape index (κ3) is 5.52. The molecular weight excluding hydrogens is 212 g/mol. The summed E-state index contributed by atoms with van der Waals surface area (Å²) in [5.74, 6) is 0.954. The maximum Gasteiger partial charge on any atom is 0.152 e. The summed E-state index contributed by atoms with van der Waals surface area (Å²) in [6, 6.07) is 0. The van der Waals surface area contributed by atoms with Gasteiger partial charge in [-0.1, -0.05) is 28.7 Å². The first-order chi connectivity index (χ1) is 5.91. The molecular formula is C11H26O3S. The van der Waals surface area contributed by atoms with Crippen LogP contribution < -0.4 is 0 Å². The van der Waals surface area contributed by atoms with Gasteiger partial charge in [-0.05, 0) is 19.3 Å². The van der Waals surface area contributed by atoms with E-state index in [0.29, 0.717) is 18.1 Å². The van der Waals surface area contributed by atoms with Crippen molar-refractivity contribution in [2.24, 2.45) is 5.92 Å². The van der Waals surface area contributed by atoms with Crippen LogP contribution in [0.3, 0.4) is 0 Å². The van der Waals surface area contributed by atoms with Crippen LogP contribution in [-0.4, -0.2) is 32.1 Å². The van der Waals surface area contributed by atoms with Crippen LogP contribution in [0.25, 0.3) is 0 Å². The number of hydrogen-bond acceptors (Lipinski definition) is 3. The Morgan fingerprint density at radius 2 is 1.73 bits per heavy atom. The van der Waals surface area contributed by atoms with Crippen molar-refractivity contribution in [2.75, 3.05) is 11.5 Å². The molecule has 1 aliphatic rings.